The van der Waals surface area contributed by atoms with Crippen LogP contribution in [0.25, 0.3) is 0 Å². The van der Waals surface area contributed by atoms with Crippen molar-refractivity contribution in [3.05, 3.63) is 29.1 Å². The Morgan fingerprint density at radius 2 is 1.37 bits per heavy atom. The number of benzene rings is 1. The maximum Gasteiger partial charge on any atom is 0.319 e. The molecule has 0 aliphatic rings. The molecule has 0 fully saturated rings. The predicted octanol–water partition coefficient (Wildman–Crippen LogP) is 3.47. The number of unbranched alkanes of at least 4 members (excludes halogenated alkanes) is 1. The van der Waals surface area contributed by atoms with E-state index in [1.807, 2.05) is 27.7 Å². The van der Waals surface area contributed by atoms with E-state index >= 15 is 0 Å². The van der Waals surface area contributed by atoms with E-state index in [0.717, 1.165) is 0 Å². The van der Waals surface area contributed by atoms with Crippen molar-refractivity contribution >= 4 is 22.2 Å². The van der Waals surface area contributed by atoms with E-state index in [9.17, 15) is 26.7 Å². The summed E-state index contributed by atoms with van der Waals surface area (Å²) in [4.78, 5) is 11.8. The summed E-state index contributed by atoms with van der Waals surface area (Å²) >= 11 is 0. The number of rotatable bonds is 11. The Bertz CT molecular complexity index is 698. The second-order valence-electron chi connectivity index (χ2n) is 7.00. The minimum Gasteiger partial charge on any atom is -0.380 e. The number of amides is 2. The highest BCUT2D eigenvalue weighted by atomic mass is 28.2. The van der Waals surface area contributed by atoms with Crippen LogP contribution in [-0.4, -0.2) is 41.2 Å². The van der Waals surface area contributed by atoms with E-state index in [1.54, 1.807) is 5.32 Å². The number of carbonyl (C=O) groups is 1. The van der Waals surface area contributed by atoms with Gasteiger partial charge in [0.25, 0.3) is 5.97 Å². The molecule has 1 aromatic rings. The van der Waals surface area contributed by atoms with Gasteiger partial charge in [-0.1, -0.05) is 0 Å². The molecule has 2 amide bonds. The third kappa shape index (κ3) is 7.18. The molecule has 6 nitrogen and oxygen atoms in total. The van der Waals surface area contributed by atoms with Gasteiger partial charge in [-0.05, 0) is 40.5 Å². The summed E-state index contributed by atoms with van der Waals surface area (Å²) in [5.74, 6) is -12.0. The topological polar surface area (TPSA) is 68.8 Å². The zero-order chi connectivity index (χ0) is 23.1. The van der Waals surface area contributed by atoms with E-state index in [4.69, 9.17) is 13.9 Å². The summed E-state index contributed by atoms with van der Waals surface area (Å²) in [5.41, 5.74) is -1.41. The minimum absolute atomic E-state index is 0.0712. The van der Waals surface area contributed by atoms with Gasteiger partial charge in [-0.15, -0.1) is 0 Å². The van der Waals surface area contributed by atoms with Crippen LogP contribution in [-0.2, 0) is 13.9 Å². The number of urea groups is 1. The van der Waals surface area contributed by atoms with Crippen LogP contribution in [0.1, 0.15) is 47.0 Å². The van der Waals surface area contributed by atoms with Crippen LogP contribution in [0, 0.1) is 29.1 Å². The van der Waals surface area contributed by atoms with Crippen LogP contribution < -0.4 is 10.6 Å². The van der Waals surface area contributed by atoms with Crippen LogP contribution in [0.4, 0.5) is 32.4 Å². The van der Waals surface area contributed by atoms with Crippen LogP contribution in [0.3, 0.4) is 0 Å². The van der Waals surface area contributed by atoms with E-state index in [0.29, 0.717) is 29.7 Å². The summed E-state index contributed by atoms with van der Waals surface area (Å²) in [7, 11) is 0.366. The molecule has 0 atom stereocenters. The normalized spacial score (nSPS) is 12.1. The van der Waals surface area contributed by atoms with Gasteiger partial charge in [-0.2, -0.15) is 0 Å². The summed E-state index contributed by atoms with van der Waals surface area (Å²) < 4.78 is 83.6. The van der Waals surface area contributed by atoms with Gasteiger partial charge in [0, 0.05) is 13.0 Å². The van der Waals surface area contributed by atoms with Crippen LogP contribution in [0.15, 0.2) is 0 Å². The monoisotopic (exact) mass is 458 g/mol. The highest BCUT2D eigenvalue weighted by molar-refractivity contribution is 5.98. The Morgan fingerprint density at radius 3 is 1.80 bits per heavy atom. The van der Waals surface area contributed by atoms with Gasteiger partial charge in [-0.25, -0.2) is 26.7 Å². The summed E-state index contributed by atoms with van der Waals surface area (Å²) in [6.45, 7) is 7.42. The third-order valence-electron chi connectivity index (χ3n) is 3.79. The molecule has 30 heavy (non-hydrogen) atoms. The number of anilines is 1. The fraction of sp³-hybridized carbons (Fsp3) is 0.611. The molecule has 172 valence electrons. The van der Waals surface area contributed by atoms with Gasteiger partial charge in [0.2, 0.25) is 5.82 Å². The Morgan fingerprint density at radius 1 is 0.900 bits per heavy atom. The maximum absolute atomic E-state index is 13.6. The second kappa shape index (κ2) is 11.6. The average molecular weight is 459 g/mol. The zero-order valence-corrected chi connectivity index (χ0v) is 19.5. The molecule has 0 heterocycles. The Kier molecular flexibility index (Phi) is 10.1. The number of nitrogens with one attached hydrogen (secondary N) is 2. The molecule has 1 rings (SSSR count). The van der Waals surface area contributed by atoms with E-state index in [1.165, 1.54) is 0 Å². The fourth-order valence-corrected chi connectivity index (χ4v) is 3.00. The van der Waals surface area contributed by atoms with Gasteiger partial charge in [0.05, 0.1) is 12.2 Å². The highest BCUT2D eigenvalue weighted by Crippen LogP contribution is 2.27. The molecule has 0 bridgehead atoms. The first-order valence-corrected chi connectivity index (χ1v) is 10.2. The number of carbonyl (C=O) groups excluding carboxylic acids is 1. The molecule has 0 saturated carbocycles. The standard InChI is InChI=1S/C18H27F5N2O4Si/c1-9(2)27-18(29-30,28-10(3)4)7-5-6-8-24-17(26)25-16-14(22)12(20)11(19)13(21)15(16)23/h9-10H,5-8H2,1-4,30H3,(H2,24,25,26). The van der Waals surface area contributed by atoms with Crippen LogP contribution >= 0.6 is 0 Å². The smallest absolute Gasteiger partial charge is 0.319 e. The number of halogens is 5. The average Bonchev–Trinajstić information content (AvgIpc) is 2.66. The number of hydrogen-bond acceptors (Lipinski definition) is 4. The van der Waals surface area contributed by atoms with Crippen molar-refractivity contribution in [3.8, 4) is 0 Å². The lowest BCUT2D eigenvalue weighted by Gasteiger charge is -2.35. The lowest BCUT2D eigenvalue weighted by molar-refractivity contribution is -0.369. The van der Waals surface area contributed by atoms with Crippen molar-refractivity contribution < 1.29 is 40.6 Å². The Labute approximate surface area is 175 Å². The molecule has 12 heteroatoms. The molecule has 1 aromatic carbocycles. The minimum atomic E-state index is -2.30. The van der Waals surface area contributed by atoms with Crippen molar-refractivity contribution in [2.24, 2.45) is 0 Å². The lowest BCUT2D eigenvalue weighted by atomic mass is 10.2. The molecule has 0 spiro atoms. The molecule has 0 unspecified atom stereocenters. The number of ether oxygens (including phenoxy) is 2. The fourth-order valence-electron chi connectivity index (χ4n) is 2.60. The molecule has 0 aliphatic heterocycles. The van der Waals surface area contributed by atoms with E-state index in [2.05, 4.69) is 5.32 Å². The molecule has 0 aliphatic carbocycles. The summed E-state index contributed by atoms with van der Waals surface area (Å²) in [5, 5.41) is 3.93. The molecular formula is C18H27F5N2O4Si. The molecular weight excluding hydrogens is 431 g/mol. The van der Waals surface area contributed by atoms with E-state index < -0.39 is 46.8 Å². The molecule has 0 aromatic heterocycles. The SMILES string of the molecule is CC(C)OC(CCCCNC(=O)Nc1c(F)c(F)c(F)c(F)c1F)(O[SiH3])OC(C)C. The van der Waals surface area contributed by atoms with Gasteiger partial charge in [0.15, 0.2) is 33.8 Å². The van der Waals surface area contributed by atoms with Crippen molar-refractivity contribution in [1.82, 2.24) is 5.32 Å². The van der Waals surface area contributed by atoms with E-state index in [-0.39, 0.29) is 18.8 Å². The predicted molar refractivity (Wildman–Crippen MR) is 103 cm³/mol. The molecule has 2 N–H and O–H groups in total. The largest absolute Gasteiger partial charge is 0.380 e. The number of hydrogen-bond donors (Lipinski definition) is 2. The van der Waals surface area contributed by atoms with Crippen molar-refractivity contribution in [3.63, 3.8) is 0 Å². The van der Waals surface area contributed by atoms with Crippen LogP contribution in [0.5, 0.6) is 0 Å². The molecule has 0 radical (unpaired) electrons. The highest BCUT2D eigenvalue weighted by Gasteiger charge is 2.33. The third-order valence-corrected chi connectivity index (χ3v) is 4.41. The second-order valence-corrected chi connectivity index (χ2v) is 7.41. The summed E-state index contributed by atoms with van der Waals surface area (Å²) in [6, 6.07) is -1.11. The maximum atomic E-state index is 13.6. The van der Waals surface area contributed by atoms with Gasteiger partial charge < -0.3 is 24.5 Å². The van der Waals surface area contributed by atoms with Gasteiger partial charge in [0.1, 0.15) is 5.69 Å². The van der Waals surface area contributed by atoms with Crippen molar-refractivity contribution in [1.29, 1.82) is 0 Å². The van der Waals surface area contributed by atoms with Gasteiger partial charge in [-0.3, -0.25) is 0 Å². The molecule has 0 saturated heterocycles. The van der Waals surface area contributed by atoms with Crippen molar-refractivity contribution in [2.45, 2.75) is 65.1 Å². The van der Waals surface area contributed by atoms with Crippen molar-refractivity contribution in [2.75, 3.05) is 11.9 Å². The first kappa shape index (κ1) is 26.3. The van der Waals surface area contributed by atoms with Gasteiger partial charge >= 0.3 is 6.03 Å². The summed E-state index contributed by atoms with van der Waals surface area (Å²) in [6.07, 6.45) is 0.990. The zero-order valence-electron chi connectivity index (χ0n) is 17.5. The Balaban J connectivity index is 2.59. The quantitative estimate of drug-likeness (QED) is 0.133. The lowest BCUT2D eigenvalue weighted by Crippen LogP contribution is -2.42. The first-order valence-electron chi connectivity index (χ1n) is 9.41. The first-order chi connectivity index (χ1) is 13.9. The Hall–Kier alpha value is -1.76. The van der Waals surface area contributed by atoms with Crippen LogP contribution in [0.2, 0.25) is 0 Å².